The average Bonchev–Trinajstić information content (AvgIpc) is 4.11. The van der Waals surface area contributed by atoms with E-state index in [1.165, 1.54) is 122 Å². The van der Waals surface area contributed by atoms with Gasteiger partial charge in [-0.05, 0) is 261 Å². The number of hydrogen-bond donors (Lipinski definition) is 0. The molecule has 8 fully saturated rings. The van der Waals surface area contributed by atoms with E-state index in [0.717, 1.165) is 55.3 Å². The molecule has 0 aromatic carbocycles. The number of carbonyl (C=O) groups is 4. The standard InChI is InChI=1S/C19H32O2.C16H28O2.C15H28O2.C14H26O2/c1-6-17(2,3)16(20)21-18(4,5)19-10-13-7-14(11-19)9-15(8-13)12-19;1-6-15(2,3)14(17)18-16(4,5)13-10-11-7-8-12(13)9-11;1-6-14(2,3)13(16)17-15(4,5)12-10-8-7-9-11-12;1-6-13(2,3)12(15)16-14(4,5)11-9-7-8-10-11/h13-15H,6-12H2,1-5H3;11-13H,6-10H2,1-5H3;12H,6-11H2,1-5H3;11H,6-10H2,1-5H3. The second-order valence-electron chi connectivity index (χ2n) is 29.6. The maximum atomic E-state index is 12.6. The molecule has 0 N–H and O–H groups in total. The number of esters is 4. The van der Waals surface area contributed by atoms with E-state index in [1.54, 1.807) is 0 Å². The molecule has 72 heavy (non-hydrogen) atoms. The maximum Gasteiger partial charge on any atom is 0.312 e. The number of fused-ring (bicyclic) bond motifs is 2. The molecule has 3 unspecified atom stereocenters. The molecule has 0 aliphatic heterocycles. The van der Waals surface area contributed by atoms with Crippen LogP contribution in [0.1, 0.15) is 286 Å². The summed E-state index contributed by atoms with van der Waals surface area (Å²) >= 11 is 0. The van der Waals surface area contributed by atoms with Crippen molar-refractivity contribution in [2.45, 2.75) is 309 Å². The molecule has 8 heteroatoms. The second kappa shape index (κ2) is 24.0. The number of ether oxygens (including phenoxy) is 4. The van der Waals surface area contributed by atoms with Crippen molar-refractivity contribution >= 4 is 23.9 Å². The lowest BCUT2D eigenvalue weighted by molar-refractivity contribution is -0.206. The van der Waals surface area contributed by atoms with Crippen LogP contribution in [0.5, 0.6) is 0 Å². The summed E-state index contributed by atoms with van der Waals surface area (Å²) in [6.45, 7) is 40.9. The van der Waals surface area contributed by atoms with Gasteiger partial charge in [0.25, 0.3) is 0 Å². The van der Waals surface area contributed by atoms with Crippen LogP contribution in [0.25, 0.3) is 0 Å². The van der Waals surface area contributed by atoms with Gasteiger partial charge in [0.15, 0.2) is 0 Å². The lowest BCUT2D eigenvalue weighted by atomic mass is 9.46. The molecule has 6 bridgehead atoms. The molecule has 3 atom stereocenters. The highest BCUT2D eigenvalue weighted by molar-refractivity contribution is 5.77. The highest BCUT2D eigenvalue weighted by Gasteiger charge is 2.59. The third-order valence-electron chi connectivity index (χ3n) is 21.0. The quantitative estimate of drug-likeness (QED) is 0.111. The lowest BCUT2D eigenvalue weighted by Gasteiger charge is -2.61. The topological polar surface area (TPSA) is 105 Å². The molecule has 0 aromatic heterocycles. The normalized spacial score (nSPS) is 27.9. The molecule has 0 saturated heterocycles. The summed E-state index contributed by atoms with van der Waals surface area (Å²) in [6.07, 6.45) is 28.1. The first-order valence-corrected chi connectivity index (χ1v) is 30.0. The van der Waals surface area contributed by atoms with E-state index in [4.69, 9.17) is 18.9 Å². The van der Waals surface area contributed by atoms with Gasteiger partial charge in [0.05, 0.1) is 21.7 Å². The molecule has 0 aromatic rings. The third kappa shape index (κ3) is 15.5. The van der Waals surface area contributed by atoms with Gasteiger partial charge in [-0.15, -0.1) is 0 Å². The van der Waals surface area contributed by atoms with Gasteiger partial charge < -0.3 is 18.9 Å². The van der Waals surface area contributed by atoms with E-state index in [-0.39, 0.29) is 73.4 Å². The summed E-state index contributed by atoms with van der Waals surface area (Å²) < 4.78 is 23.6. The fourth-order valence-corrected chi connectivity index (χ4v) is 13.8. The molecule has 8 nitrogen and oxygen atoms in total. The molecule has 8 saturated carbocycles. The Morgan fingerprint density at radius 3 is 1.00 bits per heavy atom. The van der Waals surface area contributed by atoms with Crippen LogP contribution in [-0.2, 0) is 38.1 Å². The molecule has 0 spiro atoms. The average molecular weight is 1010 g/mol. The predicted octanol–water partition coefficient (Wildman–Crippen LogP) is 17.4. The number of hydrogen-bond acceptors (Lipinski definition) is 8. The maximum absolute atomic E-state index is 12.6. The Morgan fingerprint density at radius 1 is 0.375 bits per heavy atom. The molecular weight excluding hydrogens is 897 g/mol. The lowest BCUT2D eigenvalue weighted by Crippen LogP contribution is -2.58. The van der Waals surface area contributed by atoms with Gasteiger partial charge in [0, 0.05) is 11.3 Å². The summed E-state index contributed by atoms with van der Waals surface area (Å²) in [4.78, 5) is 49.0. The van der Waals surface area contributed by atoms with E-state index in [2.05, 4.69) is 62.3 Å². The van der Waals surface area contributed by atoms with Crippen LogP contribution < -0.4 is 0 Å². The highest BCUT2D eigenvalue weighted by atomic mass is 16.6. The Bertz CT molecular complexity index is 1750. The van der Waals surface area contributed by atoms with Crippen LogP contribution in [0.3, 0.4) is 0 Å². The Labute approximate surface area is 443 Å². The minimum absolute atomic E-state index is 0.00857. The molecular formula is C64H114O8. The van der Waals surface area contributed by atoms with Crippen molar-refractivity contribution in [2.24, 2.45) is 74.4 Å². The Kier molecular flexibility index (Phi) is 20.8. The first-order valence-electron chi connectivity index (χ1n) is 30.0. The molecule has 8 aliphatic rings. The summed E-state index contributed by atoms with van der Waals surface area (Å²) in [6, 6.07) is 0. The Hall–Kier alpha value is -2.12. The summed E-state index contributed by atoms with van der Waals surface area (Å²) in [5.41, 5.74) is -2.36. The van der Waals surface area contributed by atoms with Crippen molar-refractivity contribution in [3.8, 4) is 0 Å². The summed E-state index contributed by atoms with van der Waals surface area (Å²) in [5, 5.41) is 0. The van der Waals surface area contributed by atoms with E-state index in [1.807, 2.05) is 76.2 Å². The van der Waals surface area contributed by atoms with Gasteiger partial charge in [0.1, 0.15) is 22.4 Å². The molecule has 0 heterocycles. The smallest absolute Gasteiger partial charge is 0.312 e. The monoisotopic (exact) mass is 1010 g/mol. The van der Waals surface area contributed by atoms with Crippen LogP contribution >= 0.6 is 0 Å². The van der Waals surface area contributed by atoms with Crippen molar-refractivity contribution < 1.29 is 38.1 Å². The van der Waals surface area contributed by atoms with Crippen molar-refractivity contribution in [2.75, 3.05) is 0 Å². The van der Waals surface area contributed by atoms with E-state index in [9.17, 15) is 19.2 Å². The van der Waals surface area contributed by atoms with Crippen LogP contribution in [-0.4, -0.2) is 46.3 Å². The van der Waals surface area contributed by atoms with Gasteiger partial charge >= 0.3 is 23.9 Å². The van der Waals surface area contributed by atoms with Gasteiger partial charge in [-0.2, -0.15) is 0 Å². The van der Waals surface area contributed by atoms with E-state index in [0.29, 0.717) is 17.8 Å². The van der Waals surface area contributed by atoms with Crippen LogP contribution in [0.2, 0.25) is 0 Å². The second-order valence-corrected chi connectivity index (χ2v) is 29.6. The van der Waals surface area contributed by atoms with Crippen molar-refractivity contribution in [3.05, 3.63) is 0 Å². The zero-order valence-electron chi connectivity index (χ0n) is 50.6. The first-order chi connectivity index (χ1) is 33.0. The first kappa shape index (κ1) is 62.4. The fourth-order valence-electron chi connectivity index (χ4n) is 13.8. The van der Waals surface area contributed by atoms with Gasteiger partial charge in [-0.25, -0.2) is 0 Å². The Morgan fingerprint density at radius 2 is 0.694 bits per heavy atom. The number of carbonyl (C=O) groups excluding carboxylic acids is 4. The van der Waals surface area contributed by atoms with Gasteiger partial charge in [-0.1, -0.05) is 66.2 Å². The van der Waals surface area contributed by atoms with Crippen molar-refractivity contribution in [1.29, 1.82) is 0 Å². The molecule has 0 amide bonds. The summed E-state index contributed by atoms with van der Waals surface area (Å²) in [5.74, 6) is 5.91. The van der Waals surface area contributed by atoms with Crippen LogP contribution in [0.15, 0.2) is 0 Å². The van der Waals surface area contributed by atoms with Crippen molar-refractivity contribution in [1.82, 2.24) is 0 Å². The molecule has 8 aliphatic carbocycles. The largest absolute Gasteiger partial charge is 0.459 e. The SMILES string of the molecule is CCC(C)(C)C(=O)OC(C)(C)C12CC3CC(CC(C3)C1)C2.CCC(C)(C)C(=O)OC(C)(C)C1CC2CCC1C2.CCC(C)(C)C(=O)OC(C)(C)C1CCCC1.CCC(C)(C)C(=O)OC(C)(C)C1CCCCC1. The Balaban J connectivity index is 0.000000210. The van der Waals surface area contributed by atoms with E-state index >= 15 is 0 Å². The van der Waals surface area contributed by atoms with E-state index < -0.39 is 0 Å². The molecule has 0 radical (unpaired) electrons. The predicted molar refractivity (Wildman–Crippen MR) is 295 cm³/mol. The highest BCUT2D eigenvalue weighted by Crippen LogP contribution is 2.64. The van der Waals surface area contributed by atoms with Crippen LogP contribution in [0.4, 0.5) is 0 Å². The third-order valence-corrected chi connectivity index (χ3v) is 21.0. The zero-order valence-corrected chi connectivity index (χ0v) is 50.6. The molecule has 8 rings (SSSR count). The summed E-state index contributed by atoms with van der Waals surface area (Å²) in [7, 11) is 0. The van der Waals surface area contributed by atoms with Gasteiger partial charge in [-0.3, -0.25) is 19.2 Å². The van der Waals surface area contributed by atoms with Gasteiger partial charge in [0.2, 0.25) is 0 Å². The molecule has 418 valence electrons. The minimum atomic E-state index is -0.362. The zero-order chi connectivity index (χ0) is 54.5. The fraction of sp³-hybridized carbons (Fsp3) is 0.938. The van der Waals surface area contributed by atoms with Crippen molar-refractivity contribution in [3.63, 3.8) is 0 Å². The minimum Gasteiger partial charge on any atom is -0.459 e. The number of rotatable bonds is 16. The van der Waals surface area contributed by atoms with Crippen LogP contribution in [0, 0.1) is 74.4 Å².